The number of ether oxygens (including phenoxy) is 1. The molecule has 0 aliphatic rings. The van der Waals surface area contributed by atoms with Gasteiger partial charge in [0.15, 0.2) is 12.4 Å². The van der Waals surface area contributed by atoms with Crippen molar-refractivity contribution >= 4 is 22.4 Å². The second-order valence-electron chi connectivity index (χ2n) is 8.92. The van der Waals surface area contributed by atoms with Crippen LogP contribution in [0.4, 0.5) is 5.69 Å². The van der Waals surface area contributed by atoms with E-state index >= 15 is 0 Å². The highest BCUT2D eigenvalue weighted by molar-refractivity contribution is 6.02. The summed E-state index contributed by atoms with van der Waals surface area (Å²) in [7, 11) is 0. The van der Waals surface area contributed by atoms with Crippen LogP contribution in [0.1, 0.15) is 16.1 Å². The first-order chi connectivity index (χ1) is 18.7. The summed E-state index contributed by atoms with van der Waals surface area (Å²) in [6, 6.07) is 34.2. The van der Waals surface area contributed by atoms with Gasteiger partial charge in [0.1, 0.15) is 5.75 Å². The zero-order valence-corrected chi connectivity index (χ0v) is 20.6. The number of anilines is 1. The Morgan fingerprint density at radius 3 is 2.42 bits per heavy atom. The van der Waals surface area contributed by atoms with Gasteiger partial charge in [0.25, 0.3) is 5.91 Å². The Bertz CT molecular complexity index is 1680. The van der Waals surface area contributed by atoms with E-state index < -0.39 is 0 Å². The number of benzene rings is 4. The molecule has 1 amide bonds. The van der Waals surface area contributed by atoms with E-state index in [-0.39, 0.29) is 12.6 Å². The van der Waals surface area contributed by atoms with E-state index in [1.807, 2.05) is 71.5 Å². The van der Waals surface area contributed by atoms with Gasteiger partial charge in [0.2, 0.25) is 0 Å². The Labute approximate surface area is 219 Å². The molecule has 4 aromatic carbocycles. The number of amides is 1. The van der Waals surface area contributed by atoms with Crippen molar-refractivity contribution in [1.29, 1.82) is 0 Å². The quantitative estimate of drug-likeness (QED) is 0.269. The minimum Gasteiger partial charge on any atom is -0.471 e. The van der Waals surface area contributed by atoms with Crippen LogP contribution >= 0.6 is 0 Å². The summed E-state index contributed by atoms with van der Waals surface area (Å²) >= 11 is 0. The fourth-order valence-corrected chi connectivity index (χ4v) is 4.38. The largest absolute Gasteiger partial charge is 0.471 e. The number of nitrogens with zero attached hydrogens (tertiary/aromatic N) is 4. The van der Waals surface area contributed by atoms with Crippen molar-refractivity contribution in [2.75, 3.05) is 5.32 Å². The van der Waals surface area contributed by atoms with E-state index in [9.17, 15) is 4.79 Å². The molecule has 0 atom stereocenters. The van der Waals surface area contributed by atoms with Crippen LogP contribution in [0.25, 0.3) is 21.9 Å². The number of carbonyl (C=O) groups excluding carboxylic acids is 1. The Morgan fingerprint density at radius 1 is 0.789 bits per heavy atom. The average Bonchev–Trinajstić information content (AvgIpc) is 3.63. The minimum absolute atomic E-state index is 0.195. The molecular formula is C31H25N5O2. The van der Waals surface area contributed by atoms with E-state index in [0.29, 0.717) is 17.9 Å². The fourth-order valence-electron chi connectivity index (χ4n) is 4.38. The molecule has 0 aliphatic carbocycles. The Morgan fingerprint density at radius 2 is 1.55 bits per heavy atom. The van der Waals surface area contributed by atoms with Crippen molar-refractivity contribution in [3.05, 3.63) is 133 Å². The number of carbonyl (C=O) groups is 1. The molecule has 0 radical (unpaired) electrons. The van der Waals surface area contributed by atoms with Crippen molar-refractivity contribution in [2.45, 2.75) is 13.3 Å². The molecule has 2 aromatic heterocycles. The SMILES string of the molecule is O=C(Nc1cnn(Cc2cccc3ccccc23)c1)c1ccn(COc2ccc(-c3ccccc3)cc2)n1. The van der Waals surface area contributed by atoms with Crippen molar-refractivity contribution in [3.63, 3.8) is 0 Å². The van der Waals surface area contributed by atoms with Crippen molar-refractivity contribution in [3.8, 4) is 16.9 Å². The first-order valence-electron chi connectivity index (χ1n) is 12.3. The highest BCUT2D eigenvalue weighted by Gasteiger charge is 2.12. The summed E-state index contributed by atoms with van der Waals surface area (Å²) in [5.41, 5.74) is 4.35. The molecule has 0 saturated heterocycles. The Hall–Kier alpha value is -5.17. The number of rotatable bonds is 8. The van der Waals surface area contributed by atoms with Crippen LogP contribution in [0.3, 0.4) is 0 Å². The first kappa shape index (κ1) is 23.2. The van der Waals surface area contributed by atoms with Gasteiger partial charge in [-0.3, -0.25) is 9.48 Å². The summed E-state index contributed by atoms with van der Waals surface area (Å²) < 4.78 is 9.24. The van der Waals surface area contributed by atoms with Crippen LogP contribution < -0.4 is 10.1 Å². The van der Waals surface area contributed by atoms with E-state index in [2.05, 4.69) is 51.9 Å². The van der Waals surface area contributed by atoms with Crippen LogP contribution in [-0.4, -0.2) is 25.5 Å². The van der Waals surface area contributed by atoms with Gasteiger partial charge in [-0.2, -0.15) is 10.2 Å². The molecule has 6 rings (SSSR count). The lowest BCUT2D eigenvalue weighted by atomic mass is 10.0. The predicted molar refractivity (Wildman–Crippen MR) is 148 cm³/mol. The van der Waals surface area contributed by atoms with E-state index in [0.717, 1.165) is 22.4 Å². The third-order valence-electron chi connectivity index (χ3n) is 6.30. The van der Waals surface area contributed by atoms with Crippen molar-refractivity contribution < 1.29 is 9.53 Å². The molecule has 2 heterocycles. The van der Waals surface area contributed by atoms with E-state index in [1.165, 1.54) is 10.8 Å². The van der Waals surface area contributed by atoms with Crippen LogP contribution in [0.15, 0.2) is 122 Å². The molecule has 6 aromatic rings. The zero-order chi connectivity index (χ0) is 25.7. The van der Waals surface area contributed by atoms with Crippen LogP contribution in [0, 0.1) is 0 Å². The molecule has 0 spiro atoms. The lowest BCUT2D eigenvalue weighted by Crippen LogP contribution is -2.14. The topological polar surface area (TPSA) is 74.0 Å². The summed E-state index contributed by atoms with van der Waals surface area (Å²) in [5.74, 6) is 0.422. The molecule has 0 saturated carbocycles. The third-order valence-corrected chi connectivity index (χ3v) is 6.30. The number of hydrogen-bond acceptors (Lipinski definition) is 4. The van der Waals surface area contributed by atoms with Gasteiger partial charge in [-0.15, -0.1) is 0 Å². The molecule has 1 N–H and O–H groups in total. The molecule has 0 fully saturated rings. The maximum atomic E-state index is 12.8. The zero-order valence-electron chi connectivity index (χ0n) is 20.6. The summed E-state index contributed by atoms with van der Waals surface area (Å²) in [6.07, 6.45) is 5.18. The van der Waals surface area contributed by atoms with Gasteiger partial charge in [0.05, 0.1) is 18.4 Å². The van der Waals surface area contributed by atoms with Gasteiger partial charge in [-0.05, 0) is 45.7 Å². The lowest BCUT2D eigenvalue weighted by molar-refractivity contribution is 0.102. The van der Waals surface area contributed by atoms with Crippen LogP contribution in [0.5, 0.6) is 5.75 Å². The predicted octanol–water partition coefficient (Wildman–Crippen LogP) is 6.24. The molecule has 38 heavy (non-hydrogen) atoms. The molecule has 7 nitrogen and oxygen atoms in total. The first-order valence-corrected chi connectivity index (χ1v) is 12.3. The monoisotopic (exact) mass is 499 g/mol. The normalized spacial score (nSPS) is 10.9. The summed E-state index contributed by atoms with van der Waals surface area (Å²) in [4.78, 5) is 12.8. The molecule has 7 heteroatoms. The third kappa shape index (κ3) is 5.17. The number of fused-ring (bicyclic) bond motifs is 1. The molecule has 0 aliphatic heterocycles. The minimum atomic E-state index is -0.305. The van der Waals surface area contributed by atoms with Gasteiger partial charge < -0.3 is 10.1 Å². The summed E-state index contributed by atoms with van der Waals surface area (Å²) in [5, 5.41) is 14.0. The molecular weight excluding hydrogens is 474 g/mol. The Kier molecular flexibility index (Phi) is 6.39. The standard InChI is InChI=1S/C31H25N5O2/c37-31(33-27-19-32-36(21-27)20-26-11-6-10-25-9-4-5-12-29(25)26)30-17-18-35(34-30)22-38-28-15-13-24(14-16-28)23-7-2-1-3-8-23/h1-19,21H,20,22H2,(H,33,37). The molecule has 186 valence electrons. The number of hydrogen-bond donors (Lipinski definition) is 1. The molecule has 0 unspecified atom stereocenters. The van der Waals surface area contributed by atoms with Gasteiger partial charge in [-0.25, -0.2) is 4.68 Å². The average molecular weight is 500 g/mol. The fraction of sp³-hybridized carbons (Fsp3) is 0.0645. The summed E-state index contributed by atoms with van der Waals surface area (Å²) in [6.45, 7) is 0.802. The van der Waals surface area contributed by atoms with Crippen LogP contribution in [-0.2, 0) is 13.3 Å². The van der Waals surface area contributed by atoms with Gasteiger partial charge in [-0.1, -0.05) is 84.9 Å². The van der Waals surface area contributed by atoms with E-state index in [4.69, 9.17) is 4.74 Å². The maximum absolute atomic E-state index is 12.8. The second-order valence-corrected chi connectivity index (χ2v) is 8.92. The second kappa shape index (κ2) is 10.4. The lowest BCUT2D eigenvalue weighted by Gasteiger charge is -2.07. The number of nitrogens with one attached hydrogen (secondary N) is 1. The van der Waals surface area contributed by atoms with Crippen LogP contribution in [0.2, 0.25) is 0 Å². The highest BCUT2D eigenvalue weighted by Crippen LogP contribution is 2.22. The van der Waals surface area contributed by atoms with Crippen molar-refractivity contribution in [2.24, 2.45) is 0 Å². The van der Waals surface area contributed by atoms with Gasteiger partial charge >= 0.3 is 0 Å². The highest BCUT2D eigenvalue weighted by atomic mass is 16.5. The smallest absolute Gasteiger partial charge is 0.276 e. The maximum Gasteiger partial charge on any atom is 0.276 e. The molecule has 0 bridgehead atoms. The number of aromatic nitrogens is 4. The van der Waals surface area contributed by atoms with Crippen molar-refractivity contribution in [1.82, 2.24) is 19.6 Å². The van der Waals surface area contributed by atoms with Gasteiger partial charge in [0, 0.05) is 12.4 Å². The van der Waals surface area contributed by atoms with E-state index in [1.54, 1.807) is 23.1 Å². The Balaban J connectivity index is 1.05.